The maximum atomic E-state index is 12.1. The van der Waals surface area contributed by atoms with E-state index in [4.69, 9.17) is 0 Å². The first kappa shape index (κ1) is 10.8. The summed E-state index contributed by atoms with van der Waals surface area (Å²) in [6.45, 7) is 1.64. The molecule has 4 nitrogen and oxygen atoms in total. The summed E-state index contributed by atoms with van der Waals surface area (Å²) >= 11 is 0. The Balaban J connectivity index is 1.55. The maximum Gasteiger partial charge on any atom is 0.237 e. The number of H-pyrrole nitrogens is 1. The molecule has 17 heavy (non-hydrogen) atoms. The van der Waals surface area contributed by atoms with Gasteiger partial charge in [-0.25, -0.2) is 0 Å². The Morgan fingerprint density at radius 2 is 2.41 bits per heavy atom. The van der Waals surface area contributed by atoms with E-state index in [1.165, 1.54) is 19.3 Å². The summed E-state index contributed by atoms with van der Waals surface area (Å²) in [4.78, 5) is 15.1. The maximum absolute atomic E-state index is 12.1. The predicted molar refractivity (Wildman–Crippen MR) is 65.3 cm³/mol. The Labute approximate surface area is 101 Å². The van der Waals surface area contributed by atoms with Crippen LogP contribution in [-0.4, -0.2) is 23.5 Å². The van der Waals surface area contributed by atoms with Crippen molar-refractivity contribution in [1.82, 2.24) is 15.6 Å². The van der Waals surface area contributed by atoms with E-state index in [2.05, 4.69) is 15.6 Å². The van der Waals surface area contributed by atoms with Crippen LogP contribution in [-0.2, 0) is 11.3 Å². The second-order valence-corrected chi connectivity index (χ2v) is 5.18. The van der Waals surface area contributed by atoms with Gasteiger partial charge in [-0.05, 0) is 42.9 Å². The van der Waals surface area contributed by atoms with Gasteiger partial charge in [0, 0.05) is 18.9 Å². The lowest BCUT2D eigenvalue weighted by Crippen LogP contribution is -2.43. The average molecular weight is 233 g/mol. The molecule has 1 saturated heterocycles. The lowest BCUT2D eigenvalue weighted by molar-refractivity contribution is -0.123. The van der Waals surface area contributed by atoms with Gasteiger partial charge >= 0.3 is 0 Å². The molecule has 1 aliphatic carbocycles. The summed E-state index contributed by atoms with van der Waals surface area (Å²) in [5.74, 6) is 1.47. The minimum atomic E-state index is 0.0430. The van der Waals surface area contributed by atoms with Crippen LogP contribution in [0.25, 0.3) is 0 Å². The molecule has 3 N–H and O–H groups in total. The number of hydrogen-bond donors (Lipinski definition) is 3. The third kappa shape index (κ3) is 2.09. The van der Waals surface area contributed by atoms with Crippen LogP contribution in [0.4, 0.5) is 0 Å². The van der Waals surface area contributed by atoms with Gasteiger partial charge in [0.2, 0.25) is 5.91 Å². The van der Waals surface area contributed by atoms with Crippen LogP contribution >= 0.6 is 0 Å². The number of carbonyl (C=O) groups excluding carboxylic acids is 1. The van der Waals surface area contributed by atoms with Crippen molar-refractivity contribution in [3.8, 4) is 0 Å². The molecule has 0 bridgehead atoms. The van der Waals surface area contributed by atoms with Crippen molar-refractivity contribution in [2.24, 2.45) is 11.8 Å². The van der Waals surface area contributed by atoms with E-state index in [1.54, 1.807) is 0 Å². The van der Waals surface area contributed by atoms with Crippen molar-refractivity contribution in [2.75, 3.05) is 6.54 Å². The van der Waals surface area contributed by atoms with E-state index in [0.717, 1.165) is 18.0 Å². The highest BCUT2D eigenvalue weighted by atomic mass is 16.2. The van der Waals surface area contributed by atoms with Gasteiger partial charge in [0.25, 0.3) is 0 Å². The molecule has 3 unspecified atom stereocenters. The van der Waals surface area contributed by atoms with Crippen LogP contribution in [0.2, 0.25) is 0 Å². The van der Waals surface area contributed by atoms with Crippen molar-refractivity contribution >= 4 is 5.91 Å². The largest absolute Gasteiger partial charge is 0.367 e. The number of aromatic nitrogens is 1. The van der Waals surface area contributed by atoms with Crippen LogP contribution < -0.4 is 10.6 Å². The van der Waals surface area contributed by atoms with Gasteiger partial charge < -0.3 is 15.6 Å². The lowest BCUT2D eigenvalue weighted by atomic mass is 9.93. The smallest absolute Gasteiger partial charge is 0.237 e. The van der Waals surface area contributed by atoms with Crippen LogP contribution in [0.5, 0.6) is 0 Å². The molecule has 1 saturated carbocycles. The fourth-order valence-corrected chi connectivity index (χ4v) is 3.24. The molecular weight excluding hydrogens is 214 g/mol. The normalized spacial score (nSPS) is 31.4. The Hall–Kier alpha value is -1.29. The van der Waals surface area contributed by atoms with Gasteiger partial charge in [-0.2, -0.15) is 0 Å². The molecule has 4 heteroatoms. The molecule has 3 atom stereocenters. The van der Waals surface area contributed by atoms with Gasteiger partial charge in [-0.1, -0.05) is 6.42 Å². The topological polar surface area (TPSA) is 56.9 Å². The SMILES string of the molecule is O=C(NCc1cc[nH]c1)C1NCC2CCCC21. The van der Waals surface area contributed by atoms with Gasteiger partial charge in [0.1, 0.15) is 0 Å². The van der Waals surface area contributed by atoms with Crippen LogP contribution in [0, 0.1) is 11.8 Å². The number of nitrogens with one attached hydrogen (secondary N) is 3. The second kappa shape index (κ2) is 4.53. The van der Waals surface area contributed by atoms with Crippen molar-refractivity contribution in [3.63, 3.8) is 0 Å². The van der Waals surface area contributed by atoms with Crippen LogP contribution in [0.1, 0.15) is 24.8 Å². The molecule has 0 spiro atoms. The summed E-state index contributed by atoms with van der Waals surface area (Å²) in [7, 11) is 0. The van der Waals surface area contributed by atoms with Gasteiger partial charge in [0.15, 0.2) is 0 Å². The van der Waals surface area contributed by atoms with Crippen molar-refractivity contribution < 1.29 is 4.79 Å². The number of fused-ring (bicyclic) bond motifs is 1. The fraction of sp³-hybridized carbons (Fsp3) is 0.615. The first-order chi connectivity index (χ1) is 8.34. The van der Waals surface area contributed by atoms with E-state index in [1.807, 2.05) is 18.5 Å². The number of carbonyl (C=O) groups is 1. The molecule has 3 rings (SSSR count). The summed E-state index contributed by atoms with van der Waals surface area (Å²) in [6, 6.07) is 2.03. The van der Waals surface area contributed by atoms with Gasteiger partial charge in [-0.15, -0.1) is 0 Å². The molecule has 2 aliphatic rings. The quantitative estimate of drug-likeness (QED) is 0.730. The monoisotopic (exact) mass is 233 g/mol. The van der Waals surface area contributed by atoms with E-state index >= 15 is 0 Å². The van der Waals surface area contributed by atoms with Crippen molar-refractivity contribution in [3.05, 3.63) is 24.0 Å². The summed E-state index contributed by atoms with van der Waals surface area (Å²) < 4.78 is 0. The Bertz CT molecular complexity index is 387. The third-order valence-electron chi connectivity index (χ3n) is 4.16. The molecule has 0 aromatic carbocycles. The van der Waals surface area contributed by atoms with E-state index in [0.29, 0.717) is 12.5 Å². The molecule has 92 valence electrons. The Kier molecular flexibility index (Phi) is 2.89. The fourth-order valence-electron chi connectivity index (χ4n) is 3.24. The minimum absolute atomic E-state index is 0.0430. The molecule has 1 amide bonds. The van der Waals surface area contributed by atoms with Crippen LogP contribution in [0.15, 0.2) is 18.5 Å². The standard InChI is InChI=1S/C13H19N3O/c17-13(16-7-9-4-5-14-6-9)12-11-3-1-2-10(11)8-15-12/h4-6,10-12,14-15H,1-3,7-8H2,(H,16,17). The minimum Gasteiger partial charge on any atom is -0.367 e. The Morgan fingerprint density at radius 1 is 1.47 bits per heavy atom. The zero-order chi connectivity index (χ0) is 11.7. The average Bonchev–Trinajstić information content (AvgIpc) is 3.02. The molecular formula is C13H19N3O. The Morgan fingerprint density at radius 3 is 3.24 bits per heavy atom. The number of amides is 1. The van der Waals surface area contributed by atoms with Gasteiger partial charge in [-0.3, -0.25) is 4.79 Å². The summed E-state index contributed by atoms with van der Waals surface area (Å²) in [5.41, 5.74) is 1.12. The molecule has 1 aliphatic heterocycles. The van der Waals surface area contributed by atoms with Gasteiger partial charge in [0.05, 0.1) is 6.04 Å². The van der Waals surface area contributed by atoms with Crippen LogP contribution in [0.3, 0.4) is 0 Å². The first-order valence-electron chi connectivity index (χ1n) is 6.47. The lowest BCUT2D eigenvalue weighted by Gasteiger charge is -2.17. The summed E-state index contributed by atoms with van der Waals surface area (Å²) in [5, 5.41) is 6.39. The number of rotatable bonds is 3. The number of hydrogen-bond acceptors (Lipinski definition) is 2. The predicted octanol–water partition coefficient (Wildman–Crippen LogP) is 1.02. The van der Waals surface area contributed by atoms with E-state index < -0.39 is 0 Å². The van der Waals surface area contributed by atoms with Crippen molar-refractivity contribution in [1.29, 1.82) is 0 Å². The van der Waals surface area contributed by atoms with E-state index in [9.17, 15) is 4.79 Å². The highest BCUT2D eigenvalue weighted by Crippen LogP contribution is 2.37. The highest BCUT2D eigenvalue weighted by molar-refractivity contribution is 5.82. The molecule has 2 heterocycles. The third-order valence-corrected chi connectivity index (χ3v) is 4.16. The number of aromatic amines is 1. The zero-order valence-corrected chi connectivity index (χ0v) is 9.91. The first-order valence-corrected chi connectivity index (χ1v) is 6.47. The molecule has 2 fully saturated rings. The van der Waals surface area contributed by atoms with Crippen molar-refractivity contribution in [2.45, 2.75) is 31.8 Å². The summed E-state index contributed by atoms with van der Waals surface area (Å²) in [6.07, 6.45) is 7.58. The molecule has 0 radical (unpaired) electrons. The van der Waals surface area contributed by atoms with E-state index in [-0.39, 0.29) is 11.9 Å². The molecule has 1 aromatic rings. The highest BCUT2D eigenvalue weighted by Gasteiger charge is 2.42. The molecule has 1 aromatic heterocycles. The second-order valence-electron chi connectivity index (χ2n) is 5.18. The zero-order valence-electron chi connectivity index (χ0n) is 9.91.